The van der Waals surface area contributed by atoms with E-state index in [1.165, 1.54) is 18.4 Å². The van der Waals surface area contributed by atoms with Gasteiger partial charge in [0.05, 0.1) is 0 Å². The zero-order valence-corrected chi connectivity index (χ0v) is 13.7. The van der Waals surface area contributed by atoms with Gasteiger partial charge in [0.1, 0.15) is 6.21 Å². The van der Waals surface area contributed by atoms with Gasteiger partial charge in [0.25, 0.3) is 11.8 Å². The van der Waals surface area contributed by atoms with Crippen LogP contribution >= 0.6 is 0 Å². The standard InChI is InChI=1S/C18H23N3O3/c22-17(21-16-9-5-2-6-10-16)13-20-24-14-18(23)19-12-11-15-7-3-1-4-8-15/h2,5-7,9-10,13H,1,3-4,8,11-12,14H2,(H,19,23)(H,21,22)/b20-13-. The molecule has 0 bridgehead atoms. The Morgan fingerprint density at radius 2 is 2.04 bits per heavy atom. The van der Waals surface area contributed by atoms with Gasteiger partial charge in [0.2, 0.25) is 0 Å². The Morgan fingerprint density at radius 3 is 2.79 bits per heavy atom. The van der Waals surface area contributed by atoms with Crippen molar-refractivity contribution in [2.75, 3.05) is 18.5 Å². The normalized spacial score (nSPS) is 14.1. The SMILES string of the molecule is O=C(/C=N\OCC(=O)NCCC1=CCCCC1)Nc1ccccc1. The molecule has 2 N–H and O–H groups in total. The highest BCUT2D eigenvalue weighted by molar-refractivity contribution is 6.31. The number of carbonyl (C=O) groups excluding carboxylic acids is 2. The fourth-order valence-electron chi connectivity index (χ4n) is 2.42. The van der Waals surface area contributed by atoms with Gasteiger partial charge in [-0.2, -0.15) is 0 Å². The number of carbonyl (C=O) groups is 2. The van der Waals surface area contributed by atoms with Crippen molar-refractivity contribution in [3.8, 4) is 0 Å². The molecule has 0 saturated heterocycles. The third-order valence-electron chi connectivity index (χ3n) is 3.63. The van der Waals surface area contributed by atoms with Crippen LogP contribution in [0.2, 0.25) is 0 Å². The van der Waals surface area contributed by atoms with E-state index in [1.54, 1.807) is 12.1 Å². The van der Waals surface area contributed by atoms with Crippen LogP contribution in [0.25, 0.3) is 0 Å². The van der Waals surface area contributed by atoms with Gasteiger partial charge in [0.15, 0.2) is 6.61 Å². The van der Waals surface area contributed by atoms with Crippen LogP contribution in [-0.4, -0.2) is 31.2 Å². The van der Waals surface area contributed by atoms with Crippen LogP contribution in [0.5, 0.6) is 0 Å². The van der Waals surface area contributed by atoms with Crippen molar-refractivity contribution >= 4 is 23.7 Å². The van der Waals surface area contributed by atoms with Crippen molar-refractivity contribution in [2.45, 2.75) is 32.1 Å². The second-order valence-electron chi connectivity index (χ2n) is 5.57. The molecule has 0 radical (unpaired) electrons. The lowest BCUT2D eigenvalue weighted by Crippen LogP contribution is -2.28. The molecule has 0 unspecified atom stereocenters. The Bertz CT molecular complexity index is 597. The first kappa shape index (κ1) is 17.7. The second-order valence-corrected chi connectivity index (χ2v) is 5.57. The molecule has 1 aliphatic carbocycles. The monoisotopic (exact) mass is 329 g/mol. The molecule has 0 spiro atoms. The molecule has 0 saturated carbocycles. The van der Waals surface area contributed by atoms with Crippen LogP contribution in [0.3, 0.4) is 0 Å². The molecule has 2 amide bonds. The summed E-state index contributed by atoms with van der Waals surface area (Å²) >= 11 is 0. The molecule has 1 aliphatic rings. The van der Waals surface area contributed by atoms with Crippen LogP contribution in [0.15, 0.2) is 47.1 Å². The van der Waals surface area contributed by atoms with Crippen molar-refractivity contribution in [1.82, 2.24) is 5.32 Å². The molecule has 2 rings (SSSR count). The number of anilines is 1. The van der Waals surface area contributed by atoms with E-state index >= 15 is 0 Å². The summed E-state index contributed by atoms with van der Waals surface area (Å²) in [5.41, 5.74) is 2.08. The summed E-state index contributed by atoms with van der Waals surface area (Å²) in [4.78, 5) is 28.0. The average molecular weight is 329 g/mol. The maximum atomic E-state index is 11.6. The second kappa shape index (κ2) is 10.2. The fourth-order valence-corrected chi connectivity index (χ4v) is 2.42. The number of amides is 2. The summed E-state index contributed by atoms with van der Waals surface area (Å²) in [6.45, 7) is 0.403. The number of oxime groups is 1. The van der Waals surface area contributed by atoms with E-state index in [0.29, 0.717) is 12.2 Å². The third kappa shape index (κ3) is 7.09. The molecule has 0 heterocycles. The minimum atomic E-state index is -0.411. The summed E-state index contributed by atoms with van der Waals surface area (Å²) in [7, 11) is 0. The van der Waals surface area contributed by atoms with Gasteiger partial charge in [-0.25, -0.2) is 0 Å². The molecule has 0 fully saturated rings. The highest BCUT2D eigenvalue weighted by atomic mass is 16.6. The maximum absolute atomic E-state index is 11.6. The van der Waals surface area contributed by atoms with E-state index in [0.717, 1.165) is 25.5 Å². The van der Waals surface area contributed by atoms with Crippen LogP contribution < -0.4 is 10.6 Å². The quantitative estimate of drug-likeness (QED) is 0.437. The largest absolute Gasteiger partial charge is 0.386 e. The predicted octanol–water partition coefficient (Wildman–Crippen LogP) is 2.63. The first-order valence-corrected chi connectivity index (χ1v) is 8.20. The minimum absolute atomic E-state index is 0.200. The van der Waals surface area contributed by atoms with Gasteiger partial charge in [-0.1, -0.05) is 35.0 Å². The zero-order chi connectivity index (χ0) is 17.0. The minimum Gasteiger partial charge on any atom is -0.386 e. The molecular weight excluding hydrogens is 306 g/mol. The number of allylic oxidation sites excluding steroid dienone is 1. The van der Waals surface area contributed by atoms with Crippen molar-refractivity contribution in [2.24, 2.45) is 5.16 Å². The summed E-state index contributed by atoms with van der Waals surface area (Å²) in [6.07, 6.45) is 8.94. The average Bonchev–Trinajstić information content (AvgIpc) is 2.60. The van der Waals surface area contributed by atoms with Gasteiger partial charge in [0, 0.05) is 12.2 Å². The lowest BCUT2D eigenvalue weighted by Gasteiger charge is -2.12. The van der Waals surface area contributed by atoms with Gasteiger partial charge >= 0.3 is 0 Å². The van der Waals surface area contributed by atoms with Crippen LogP contribution in [0.4, 0.5) is 5.69 Å². The Hall–Kier alpha value is -2.63. The van der Waals surface area contributed by atoms with Gasteiger partial charge < -0.3 is 15.5 Å². The summed E-state index contributed by atoms with van der Waals surface area (Å²) in [5, 5.41) is 8.90. The molecule has 0 aliphatic heterocycles. The Morgan fingerprint density at radius 1 is 1.21 bits per heavy atom. The first-order valence-electron chi connectivity index (χ1n) is 8.20. The molecular formula is C18H23N3O3. The van der Waals surface area contributed by atoms with Crippen molar-refractivity contribution in [3.63, 3.8) is 0 Å². The number of nitrogens with zero attached hydrogens (tertiary/aromatic N) is 1. The molecule has 0 aromatic heterocycles. The van der Waals surface area contributed by atoms with Crippen molar-refractivity contribution in [1.29, 1.82) is 0 Å². The zero-order valence-electron chi connectivity index (χ0n) is 13.7. The van der Waals surface area contributed by atoms with E-state index in [1.807, 2.05) is 18.2 Å². The number of para-hydroxylation sites is 1. The van der Waals surface area contributed by atoms with Crippen molar-refractivity contribution < 1.29 is 14.4 Å². The Labute approximate surface area is 142 Å². The van der Waals surface area contributed by atoms with Crippen LogP contribution in [0.1, 0.15) is 32.1 Å². The third-order valence-corrected chi connectivity index (χ3v) is 3.63. The van der Waals surface area contributed by atoms with E-state index in [2.05, 4.69) is 21.9 Å². The summed E-state index contributed by atoms with van der Waals surface area (Å²) in [5.74, 6) is -0.655. The molecule has 6 nitrogen and oxygen atoms in total. The van der Waals surface area contributed by atoms with E-state index in [4.69, 9.17) is 4.84 Å². The van der Waals surface area contributed by atoms with Gasteiger partial charge in [-0.3, -0.25) is 9.59 Å². The number of rotatable bonds is 8. The molecule has 6 heteroatoms. The number of hydrogen-bond acceptors (Lipinski definition) is 4. The topological polar surface area (TPSA) is 79.8 Å². The predicted molar refractivity (Wildman–Crippen MR) is 93.7 cm³/mol. The van der Waals surface area contributed by atoms with Crippen LogP contribution in [-0.2, 0) is 14.4 Å². The number of nitrogens with one attached hydrogen (secondary N) is 2. The lowest BCUT2D eigenvalue weighted by atomic mass is 9.97. The number of hydrogen-bond donors (Lipinski definition) is 2. The molecule has 128 valence electrons. The van der Waals surface area contributed by atoms with Gasteiger partial charge in [-0.15, -0.1) is 0 Å². The maximum Gasteiger partial charge on any atom is 0.270 e. The van der Waals surface area contributed by atoms with Crippen LogP contribution in [0, 0.1) is 0 Å². The summed E-state index contributed by atoms with van der Waals surface area (Å²) < 4.78 is 0. The summed E-state index contributed by atoms with van der Waals surface area (Å²) in [6, 6.07) is 9.02. The first-order chi connectivity index (χ1) is 11.7. The van der Waals surface area contributed by atoms with E-state index in [-0.39, 0.29) is 12.5 Å². The highest BCUT2D eigenvalue weighted by Gasteiger charge is 2.05. The molecule has 0 atom stereocenters. The Balaban J connectivity index is 1.56. The molecule has 1 aromatic carbocycles. The lowest BCUT2D eigenvalue weighted by molar-refractivity contribution is -0.125. The molecule has 1 aromatic rings. The Kier molecular flexibility index (Phi) is 7.53. The highest BCUT2D eigenvalue weighted by Crippen LogP contribution is 2.19. The molecule has 24 heavy (non-hydrogen) atoms. The van der Waals surface area contributed by atoms with E-state index in [9.17, 15) is 9.59 Å². The van der Waals surface area contributed by atoms with Gasteiger partial charge in [-0.05, 0) is 44.2 Å². The number of benzene rings is 1. The van der Waals surface area contributed by atoms with Crippen molar-refractivity contribution in [3.05, 3.63) is 42.0 Å². The fraction of sp³-hybridized carbons (Fsp3) is 0.389. The van der Waals surface area contributed by atoms with E-state index < -0.39 is 5.91 Å². The smallest absolute Gasteiger partial charge is 0.270 e.